The summed E-state index contributed by atoms with van der Waals surface area (Å²) in [6, 6.07) is 7.51. The van der Waals surface area contributed by atoms with Gasteiger partial charge in [0.15, 0.2) is 0 Å². The van der Waals surface area contributed by atoms with E-state index in [-0.39, 0.29) is 0 Å². The monoisotopic (exact) mass is 219 g/mol. The van der Waals surface area contributed by atoms with Crippen LogP contribution >= 0.6 is 0 Å². The molecular weight excluding hydrogens is 194 g/mol. The average Bonchev–Trinajstić information content (AvgIpc) is 2.16. The number of benzene rings is 1. The van der Waals surface area contributed by atoms with Gasteiger partial charge in [0.25, 0.3) is 0 Å². The summed E-state index contributed by atoms with van der Waals surface area (Å²) in [5.74, 6) is 0. The van der Waals surface area contributed by atoms with Crippen LogP contribution in [0.25, 0.3) is 0 Å². The quantitative estimate of drug-likeness (QED) is 0.770. The summed E-state index contributed by atoms with van der Waals surface area (Å²) in [4.78, 5) is 0. The summed E-state index contributed by atoms with van der Waals surface area (Å²) in [5, 5.41) is 3.45. The van der Waals surface area contributed by atoms with Crippen molar-refractivity contribution in [2.24, 2.45) is 0 Å². The van der Waals surface area contributed by atoms with Crippen molar-refractivity contribution in [1.82, 2.24) is 5.32 Å². The normalized spacial score (nSPS) is 12.8. The van der Waals surface area contributed by atoms with Crippen LogP contribution in [0, 0.1) is 13.8 Å². The van der Waals surface area contributed by atoms with Gasteiger partial charge >= 0.3 is 0 Å². The number of nitrogens with one attached hydrogen (secondary N) is 1. The fraction of sp³-hybridized carbons (Fsp3) is 0.600. The molecule has 0 aliphatic carbocycles. The van der Waals surface area contributed by atoms with E-state index in [1.165, 1.54) is 36.0 Å². The molecule has 0 amide bonds. The van der Waals surface area contributed by atoms with Crippen LogP contribution in [-0.4, -0.2) is 12.6 Å². The maximum Gasteiger partial charge on any atom is 0.00387 e. The summed E-state index contributed by atoms with van der Waals surface area (Å²) < 4.78 is 0. The molecule has 90 valence electrons. The number of hydrogen-bond donors (Lipinski definition) is 1. The fourth-order valence-corrected chi connectivity index (χ4v) is 2.28. The molecule has 16 heavy (non-hydrogen) atoms. The molecule has 1 nitrogen and oxygen atoms in total. The smallest absolute Gasteiger partial charge is 0.00387 e. The van der Waals surface area contributed by atoms with Gasteiger partial charge in [-0.2, -0.15) is 0 Å². The van der Waals surface area contributed by atoms with Crippen LogP contribution < -0.4 is 5.32 Å². The Morgan fingerprint density at radius 3 is 2.31 bits per heavy atom. The summed E-state index contributed by atoms with van der Waals surface area (Å²) in [6.07, 6.45) is 3.75. The molecular formula is C15H25N. The van der Waals surface area contributed by atoms with Crippen LogP contribution in [0.3, 0.4) is 0 Å². The summed E-state index contributed by atoms with van der Waals surface area (Å²) in [7, 11) is 0. The van der Waals surface area contributed by atoms with E-state index in [9.17, 15) is 0 Å². The minimum Gasteiger partial charge on any atom is -0.315 e. The Morgan fingerprint density at radius 2 is 1.75 bits per heavy atom. The Labute approximate surface area is 100 Å². The molecule has 1 N–H and O–H groups in total. The summed E-state index contributed by atoms with van der Waals surface area (Å²) >= 11 is 0. The van der Waals surface area contributed by atoms with Crippen molar-refractivity contribution < 1.29 is 0 Å². The molecule has 1 heteroatoms. The summed E-state index contributed by atoms with van der Waals surface area (Å²) in [5.41, 5.74) is 4.26. The van der Waals surface area contributed by atoms with E-state index in [0.717, 1.165) is 6.54 Å². The lowest BCUT2D eigenvalue weighted by atomic mass is 10.0. The highest BCUT2D eigenvalue weighted by atomic mass is 14.9. The molecule has 0 bridgehead atoms. The molecule has 1 aromatic rings. The molecule has 0 aromatic heterocycles. The Kier molecular flexibility index (Phi) is 5.54. The van der Waals surface area contributed by atoms with Gasteiger partial charge in [0.2, 0.25) is 0 Å². The SMILES string of the molecule is CCNC(C)CCCc1cc(C)cc(C)c1. The first-order chi connectivity index (χ1) is 7.61. The van der Waals surface area contributed by atoms with Crippen molar-refractivity contribution in [3.05, 3.63) is 34.9 Å². The lowest BCUT2D eigenvalue weighted by Crippen LogP contribution is -2.25. The molecule has 0 saturated carbocycles. The zero-order valence-electron chi connectivity index (χ0n) is 11.1. The topological polar surface area (TPSA) is 12.0 Å². The molecule has 1 unspecified atom stereocenters. The highest BCUT2D eigenvalue weighted by Crippen LogP contribution is 2.12. The van der Waals surface area contributed by atoms with Crippen LogP contribution in [0.4, 0.5) is 0 Å². The minimum absolute atomic E-state index is 0.649. The third-order valence-electron chi connectivity index (χ3n) is 2.94. The number of hydrogen-bond acceptors (Lipinski definition) is 1. The maximum absolute atomic E-state index is 3.45. The highest BCUT2D eigenvalue weighted by molar-refractivity contribution is 5.28. The van der Waals surface area contributed by atoms with Crippen molar-refractivity contribution in [3.8, 4) is 0 Å². The largest absolute Gasteiger partial charge is 0.315 e. The first-order valence-electron chi connectivity index (χ1n) is 6.42. The van der Waals surface area contributed by atoms with E-state index in [2.05, 4.69) is 51.2 Å². The highest BCUT2D eigenvalue weighted by Gasteiger charge is 2.01. The Balaban J connectivity index is 2.37. The second-order valence-electron chi connectivity index (χ2n) is 4.85. The van der Waals surface area contributed by atoms with E-state index in [1.807, 2.05) is 0 Å². The number of aryl methyl sites for hydroxylation is 3. The lowest BCUT2D eigenvalue weighted by molar-refractivity contribution is 0.512. The zero-order chi connectivity index (χ0) is 12.0. The molecule has 0 aliphatic heterocycles. The molecule has 0 heterocycles. The van der Waals surface area contributed by atoms with Crippen molar-refractivity contribution in [1.29, 1.82) is 0 Å². The van der Waals surface area contributed by atoms with Gasteiger partial charge in [-0.3, -0.25) is 0 Å². The summed E-state index contributed by atoms with van der Waals surface area (Å²) in [6.45, 7) is 9.87. The van der Waals surface area contributed by atoms with Crippen LogP contribution in [-0.2, 0) is 6.42 Å². The maximum atomic E-state index is 3.45. The molecule has 1 atom stereocenters. The standard InChI is InChI=1S/C15H25N/c1-5-16-14(4)7-6-8-15-10-12(2)9-13(3)11-15/h9-11,14,16H,5-8H2,1-4H3. The third kappa shape index (κ3) is 4.80. The van der Waals surface area contributed by atoms with Crippen molar-refractivity contribution in [2.45, 2.75) is 53.0 Å². The molecule has 0 radical (unpaired) electrons. The van der Waals surface area contributed by atoms with Gasteiger partial charge in [0, 0.05) is 6.04 Å². The Hall–Kier alpha value is -0.820. The lowest BCUT2D eigenvalue weighted by Gasteiger charge is -2.12. The second kappa shape index (κ2) is 6.70. The molecule has 0 spiro atoms. The molecule has 0 saturated heterocycles. The third-order valence-corrected chi connectivity index (χ3v) is 2.94. The Bertz CT molecular complexity index is 297. The second-order valence-corrected chi connectivity index (χ2v) is 4.85. The first-order valence-corrected chi connectivity index (χ1v) is 6.42. The predicted molar refractivity (Wildman–Crippen MR) is 72.0 cm³/mol. The van der Waals surface area contributed by atoms with E-state index < -0.39 is 0 Å². The van der Waals surface area contributed by atoms with Gasteiger partial charge in [-0.15, -0.1) is 0 Å². The van der Waals surface area contributed by atoms with Crippen molar-refractivity contribution in [3.63, 3.8) is 0 Å². The zero-order valence-corrected chi connectivity index (χ0v) is 11.1. The van der Waals surface area contributed by atoms with E-state index in [4.69, 9.17) is 0 Å². The van der Waals surface area contributed by atoms with Crippen molar-refractivity contribution in [2.75, 3.05) is 6.54 Å². The van der Waals surface area contributed by atoms with Crippen LogP contribution in [0.2, 0.25) is 0 Å². The van der Waals surface area contributed by atoms with Gasteiger partial charge < -0.3 is 5.32 Å². The van der Waals surface area contributed by atoms with Crippen LogP contribution in [0.15, 0.2) is 18.2 Å². The predicted octanol–water partition coefficient (Wildman–Crippen LogP) is 3.62. The van der Waals surface area contributed by atoms with E-state index >= 15 is 0 Å². The van der Waals surface area contributed by atoms with Gasteiger partial charge in [-0.05, 0) is 52.1 Å². The Morgan fingerprint density at radius 1 is 1.12 bits per heavy atom. The van der Waals surface area contributed by atoms with E-state index in [1.54, 1.807) is 0 Å². The number of rotatable bonds is 6. The molecule has 0 fully saturated rings. The minimum atomic E-state index is 0.649. The molecule has 1 rings (SSSR count). The molecule has 1 aromatic carbocycles. The van der Waals surface area contributed by atoms with Crippen molar-refractivity contribution >= 4 is 0 Å². The van der Waals surface area contributed by atoms with E-state index in [0.29, 0.717) is 6.04 Å². The van der Waals surface area contributed by atoms with Crippen LogP contribution in [0.1, 0.15) is 43.4 Å². The van der Waals surface area contributed by atoms with Gasteiger partial charge in [0.1, 0.15) is 0 Å². The molecule has 0 aliphatic rings. The average molecular weight is 219 g/mol. The fourth-order valence-electron chi connectivity index (χ4n) is 2.28. The van der Waals surface area contributed by atoms with Gasteiger partial charge in [0.05, 0.1) is 0 Å². The van der Waals surface area contributed by atoms with Crippen LogP contribution in [0.5, 0.6) is 0 Å². The van der Waals surface area contributed by atoms with Gasteiger partial charge in [-0.1, -0.05) is 36.2 Å². The first kappa shape index (κ1) is 13.2. The van der Waals surface area contributed by atoms with Gasteiger partial charge in [-0.25, -0.2) is 0 Å².